The number of rotatable bonds is 5. The Labute approximate surface area is 294 Å². The van der Waals surface area contributed by atoms with Crippen LogP contribution in [0.15, 0.2) is 182 Å². The van der Waals surface area contributed by atoms with E-state index in [1.54, 1.807) is 11.3 Å². The molecule has 0 saturated heterocycles. The molecule has 0 radical (unpaired) electrons. The third-order valence-corrected chi connectivity index (χ3v) is 10.9. The van der Waals surface area contributed by atoms with Crippen molar-refractivity contribution < 1.29 is 0 Å². The smallest absolute Gasteiger partial charge is 0.125 e. The second-order valence-electron chi connectivity index (χ2n) is 12.9. The van der Waals surface area contributed by atoms with Crippen LogP contribution in [0.25, 0.3) is 75.0 Å². The summed E-state index contributed by atoms with van der Waals surface area (Å²) in [6.07, 6.45) is 0. The van der Waals surface area contributed by atoms with E-state index in [0.29, 0.717) is 0 Å². The number of aromatic nitrogens is 1. The summed E-state index contributed by atoms with van der Waals surface area (Å²) in [6, 6.07) is 65.9. The van der Waals surface area contributed by atoms with Crippen molar-refractivity contribution >= 4 is 81.1 Å². The van der Waals surface area contributed by atoms with Crippen molar-refractivity contribution in [3.8, 4) is 22.3 Å². The van der Waals surface area contributed by atoms with Crippen LogP contribution in [0.3, 0.4) is 0 Å². The van der Waals surface area contributed by atoms with E-state index in [1.165, 1.54) is 64.7 Å². The molecule has 0 saturated carbocycles. The number of fused-ring (bicyclic) bond motifs is 6. The molecular formula is C47H30N2S. The number of pyridine rings is 1. The quantitative estimate of drug-likeness (QED) is 0.184. The first kappa shape index (κ1) is 28.7. The molecule has 0 aliphatic heterocycles. The number of thiophene rings is 1. The number of hydrogen-bond donors (Lipinski definition) is 0. The summed E-state index contributed by atoms with van der Waals surface area (Å²) in [4.78, 5) is 8.46. The number of anilines is 3. The highest BCUT2D eigenvalue weighted by atomic mass is 32.1. The van der Waals surface area contributed by atoms with Gasteiger partial charge in [0.1, 0.15) is 4.83 Å². The van der Waals surface area contributed by atoms with E-state index < -0.39 is 0 Å². The molecule has 0 aliphatic carbocycles. The summed E-state index contributed by atoms with van der Waals surface area (Å²) in [5.41, 5.74) is 9.20. The van der Waals surface area contributed by atoms with Crippen LogP contribution in [-0.4, -0.2) is 4.98 Å². The van der Waals surface area contributed by atoms with E-state index in [2.05, 4.69) is 187 Å². The van der Waals surface area contributed by atoms with Crippen LogP contribution < -0.4 is 4.90 Å². The maximum Gasteiger partial charge on any atom is 0.125 e. The molecular weight excluding hydrogens is 625 g/mol. The van der Waals surface area contributed by atoms with Gasteiger partial charge in [0.15, 0.2) is 0 Å². The third kappa shape index (κ3) is 4.99. The molecule has 0 atom stereocenters. The topological polar surface area (TPSA) is 16.1 Å². The number of nitrogens with zero attached hydrogens (tertiary/aromatic N) is 2. The van der Waals surface area contributed by atoms with Crippen LogP contribution >= 0.6 is 11.3 Å². The van der Waals surface area contributed by atoms with Gasteiger partial charge in [0.05, 0.1) is 5.52 Å². The van der Waals surface area contributed by atoms with Crippen molar-refractivity contribution in [3.63, 3.8) is 0 Å². The zero-order valence-corrected chi connectivity index (χ0v) is 27.9. The molecule has 3 heteroatoms. The van der Waals surface area contributed by atoms with Gasteiger partial charge in [-0.05, 0) is 104 Å². The first-order valence-corrected chi connectivity index (χ1v) is 17.8. The van der Waals surface area contributed by atoms with Crippen LogP contribution in [0.1, 0.15) is 0 Å². The highest BCUT2D eigenvalue weighted by Gasteiger charge is 2.16. The predicted molar refractivity (Wildman–Crippen MR) is 215 cm³/mol. The maximum atomic E-state index is 5.03. The Hall–Kier alpha value is -6.29. The second-order valence-corrected chi connectivity index (χ2v) is 13.9. The molecule has 8 aromatic carbocycles. The predicted octanol–water partition coefficient (Wildman–Crippen LogP) is 13.7. The Bertz CT molecular complexity index is 2750. The Morgan fingerprint density at radius 3 is 1.46 bits per heavy atom. The molecule has 0 aliphatic rings. The third-order valence-electron chi connectivity index (χ3n) is 9.83. The van der Waals surface area contributed by atoms with E-state index >= 15 is 0 Å². The molecule has 0 amide bonds. The largest absolute Gasteiger partial charge is 0.310 e. The van der Waals surface area contributed by atoms with E-state index in [-0.39, 0.29) is 0 Å². The molecule has 10 aromatic rings. The highest BCUT2D eigenvalue weighted by Crippen LogP contribution is 2.42. The van der Waals surface area contributed by atoms with Gasteiger partial charge in [-0.1, -0.05) is 121 Å². The lowest BCUT2D eigenvalue weighted by atomic mass is 10.00. The van der Waals surface area contributed by atoms with Crippen molar-refractivity contribution in [2.45, 2.75) is 0 Å². The lowest BCUT2D eigenvalue weighted by Gasteiger charge is -2.26. The van der Waals surface area contributed by atoms with Crippen molar-refractivity contribution in [2.75, 3.05) is 4.90 Å². The van der Waals surface area contributed by atoms with Crippen molar-refractivity contribution in [1.29, 1.82) is 0 Å². The molecule has 10 rings (SSSR count). The average molecular weight is 655 g/mol. The van der Waals surface area contributed by atoms with E-state index in [0.717, 1.165) is 27.4 Å². The molecule has 0 spiro atoms. The standard InChI is InChI=1S/C47H30N2S/c1-3-9-35-27-37(15-13-31(35)7-1)33-17-21-40(22-18-33)49(41-23-19-34(20-24-41)38-16-14-32-8-2-4-10-36(32)28-38)42-25-26-43-44-29-39-11-5-6-12-45(39)48-47(44)50-46(43)30-42/h1-30H. The van der Waals surface area contributed by atoms with Gasteiger partial charge < -0.3 is 4.90 Å². The van der Waals surface area contributed by atoms with Crippen molar-refractivity contribution in [3.05, 3.63) is 182 Å². The van der Waals surface area contributed by atoms with E-state index in [9.17, 15) is 0 Å². The number of hydrogen-bond acceptors (Lipinski definition) is 3. The lowest BCUT2D eigenvalue weighted by Crippen LogP contribution is -2.09. The minimum atomic E-state index is 1.03. The highest BCUT2D eigenvalue weighted by molar-refractivity contribution is 7.25. The molecule has 0 fully saturated rings. The summed E-state index contributed by atoms with van der Waals surface area (Å²) in [6.45, 7) is 0. The minimum absolute atomic E-state index is 1.03. The first-order valence-electron chi connectivity index (χ1n) is 16.9. The fourth-order valence-corrected chi connectivity index (χ4v) is 8.32. The monoisotopic (exact) mass is 654 g/mol. The lowest BCUT2D eigenvalue weighted by molar-refractivity contribution is 1.29. The molecule has 0 unspecified atom stereocenters. The van der Waals surface area contributed by atoms with E-state index in [4.69, 9.17) is 4.98 Å². The van der Waals surface area contributed by atoms with Crippen LogP contribution in [-0.2, 0) is 0 Å². The molecule has 0 N–H and O–H groups in total. The van der Waals surface area contributed by atoms with Gasteiger partial charge in [-0.3, -0.25) is 0 Å². The van der Waals surface area contributed by atoms with Crippen molar-refractivity contribution in [1.82, 2.24) is 4.98 Å². The fourth-order valence-electron chi connectivity index (χ4n) is 7.22. The Kier molecular flexibility index (Phi) is 6.71. The Morgan fingerprint density at radius 1 is 0.360 bits per heavy atom. The summed E-state index contributed by atoms with van der Waals surface area (Å²) >= 11 is 1.76. The molecule has 234 valence electrons. The molecule has 2 aromatic heterocycles. The zero-order chi connectivity index (χ0) is 33.0. The first-order chi connectivity index (χ1) is 24.7. The molecule has 0 bridgehead atoms. The van der Waals surface area contributed by atoms with Gasteiger partial charge in [0.25, 0.3) is 0 Å². The SMILES string of the molecule is c1ccc2cc(-c3ccc(N(c4ccc(-c5ccc6ccccc6c5)cc4)c4ccc5c(c4)sc4nc6ccccc6cc45)cc3)ccc2c1. The van der Waals surface area contributed by atoms with Crippen molar-refractivity contribution in [2.24, 2.45) is 0 Å². The molecule has 2 heterocycles. The van der Waals surface area contributed by atoms with Crippen LogP contribution in [0, 0.1) is 0 Å². The summed E-state index contributed by atoms with van der Waals surface area (Å²) in [5.74, 6) is 0. The molecule has 50 heavy (non-hydrogen) atoms. The van der Waals surface area contributed by atoms with Gasteiger partial charge in [0.2, 0.25) is 0 Å². The normalized spacial score (nSPS) is 11.6. The summed E-state index contributed by atoms with van der Waals surface area (Å²) in [5, 5.41) is 8.63. The summed E-state index contributed by atoms with van der Waals surface area (Å²) < 4.78 is 1.23. The van der Waals surface area contributed by atoms with Crippen LogP contribution in [0.2, 0.25) is 0 Å². The van der Waals surface area contributed by atoms with Gasteiger partial charge in [0, 0.05) is 37.9 Å². The van der Waals surface area contributed by atoms with Gasteiger partial charge in [-0.25, -0.2) is 4.98 Å². The number of benzene rings is 8. The zero-order valence-electron chi connectivity index (χ0n) is 27.1. The van der Waals surface area contributed by atoms with Crippen LogP contribution in [0.5, 0.6) is 0 Å². The molecule has 2 nitrogen and oxygen atoms in total. The summed E-state index contributed by atoms with van der Waals surface area (Å²) in [7, 11) is 0. The van der Waals surface area contributed by atoms with Crippen LogP contribution in [0.4, 0.5) is 17.1 Å². The van der Waals surface area contributed by atoms with Gasteiger partial charge in [-0.2, -0.15) is 0 Å². The van der Waals surface area contributed by atoms with E-state index in [1.807, 2.05) is 0 Å². The maximum absolute atomic E-state index is 5.03. The van der Waals surface area contributed by atoms with Gasteiger partial charge in [-0.15, -0.1) is 11.3 Å². The second kappa shape index (κ2) is 11.7. The minimum Gasteiger partial charge on any atom is -0.310 e. The Balaban J connectivity index is 1.08. The Morgan fingerprint density at radius 2 is 0.860 bits per heavy atom. The van der Waals surface area contributed by atoms with Gasteiger partial charge >= 0.3 is 0 Å². The average Bonchev–Trinajstić information content (AvgIpc) is 3.53. The number of para-hydroxylation sites is 1. The fraction of sp³-hybridized carbons (Fsp3) is 0.